The summed E-state index contributed by atoms with van der Waals surface area (Å²) in [5.74, 6) is 0.687. The first-order chi connectivity index (χ1) is 5.02. The van der Waals surface area contributed by atoms with Crippen molar-refractivity contribution in [2.45, 2.75) is 11.3 Å². The molecule has 1 fully saturated rings. The molecule has 64 valence electrons. The van der Waals surface area contributed by atoms with E-state index < -0.39 is 4.87 Å². The Morgan fingerprint density at radius 1 is 1.36 bits per heavy atom. The van der Waals surface area contributed by atoms with Crippen LogP contribution >= 0.6 is 58.0 Å². The average molecular weight is 254 g/mol. The summed E-state index contributed by atoms with van der Waals surface area (Å²) >= 11 is 28.3. The molecule has 1 rings (SSSR count). The number of rotatable bonds is 2. The van der Waals surface area contributed by atoms with Crippen molar-refractivity contribution in [2.75, 3.05) is 5.88 Å². The number of halogens is 5. The van der Waals surface area contributed by atoms with Crippen LogP contribution in [0, 0.1) is 5.92 Å². The summed E-state index contributed by atoms with van der Waals surface area (Å²) in [4.78, 5) is -0.581. The molecule has 0 amide bonds. The van der Waals surface area contributed by atoms with Crippen LogP contribution in [0.25, 0.3) is 0 Å². The Labute approximate surface area is 90.4 Å². The molecule has 0 aromatic heterocycles. The van der Waals surface area contributed by atoms with Crippen molar-refractivity contribution in [2.24, 2.45) is 5.92 Å². The van der Waals surface area contributed by atoms with Crippen molar-refractivity contribution in [3.8, 4) is 0 Å². The number of alkyl halides is 2. The lowest BCUT2D eigenvalue weighted by atomic mass is 10.3. The fourth-order valence-electron chi connectivity index (χ4n) is 0.902. The first-order valence-electron chi connectivity index (χ1n) is 2.98. The molecule has 2 atom stereocenters. The third-order valence-electron chi connectivity index (χ3n) is 1.75. The molecule has 0 spiro atoms. The zero-order chi connectivity index (χ0) is 8.65. The van der Waals surface area contributed by atoms with Gasteiger partial charge in [-0.25, -0.2) is 0 Å². The highest BCUT2D eigenvalue weighted by atomic mass is 35.5. The predicted octanol–water partition coefficient (Wildman–Crippen LogP) is 4.11. The van der Waals surface area contributed by atoms with Gasteiger partial charge in [0.25, 0.3) is 0 Å². The highest BCUT2D eigenvalue weighted by Crippen LogP contribution is 2.57. The van der Waals surface area contributed by atoms with Gasteiger partial charge in [-0.3, -0.25) is 0 Å². The van der Waals surface area contributed by atoms with Crippen molar-refractivity contribution in [3.05, 3.63) is 9.52 Å². The van der Waals surface area contributed by atoms with Gasteiger partial charge in [-0.1, -0.05) is 34.8 Å². The van der Waals surface area contributed by atoms with E-state index in [9.17, 15) is 0 Å². The summed E-state index contributed by atoms with van der Waals surface area (Å²) < 4.78 is 0.0364. The average Bonchev–Trinajstić information content (AvgIpc) is 2.61. The van der Waals surface area contributed by atoms with Crippen LogP contribution in [0.15, 0.2) is 9.52 Å². The Kier molecular flexibility index (Phi) is 3.28. The lowest BCUT2D eigenvalue weighted by Crippen LogP contribution is -2.03. The minimum absolute atomic E-state index is 0.0364. The Balaban J connectivity index is 2.71. The molecule has 0 N–H and O–H groups in total. The third kappa shape index (κ3) is 1.92. The predicted molar refractivity (Wildman–Crippen MR) is 52.0 cm³/mol. The largest absolute Gasteiger partial charge is 0.126 e. The van der Waals surface area contributed by atoms with Crippen molar-refractivity contribution in [3.63, 3.8) is 0 Å². The molecule has 0 bridgehead atoms. The minimum atomic E-state index is -0.581. The second-order valence-electron chi connectivity index (χ2n) is 2.49. The van der Waals surface area contributed by atoms with E-state index in [4.69, 9.17) is 58.0 Å². The van der Waals surface area contributed by atoms with Gasteiger partial charge in [0.2, 0.25) is 0 Å². The summed E-state index contributed by atoms with van der Waals surface area (Å²) in [6.45, 7) is 0. The molecule has 0 nitrogen and oxygen atoms in total. The number of hydrogen-bond acceptors (Lipinski definition) is 0. The summed E-state index contributed by atoms with van der Waals surface area (Å²) in [6.07, 6.45) is 0.750. The van der Waals surface area contributed by atoms with E-state index in [1.165, 1.54) is 0 Å². The first kappa shape index (κ1) is 10.3. The molecular weight excluding hydrogens is 249 g/mol. The molecule has 0 aromatic carbocycles. The van der Waals surface area contributed by atoms with Crippen molar-refractivity contribution < 1.29 is 0 Å². The lowest BCUT2D eigenvalue weighted by Gasteiger charge is -2.05. The van der Waals surface area contributed by atoms with Crippen LogP contribution in [0.5, 0.6) is 0 Å². The van der Waals surface area contributed by atoms with Crippen LogP contribution < -0.4 is 0 Å². The van der Waals surface area contributed by atoms with Gasteiger partial charge in [0.05, 0.1) is 9.91 Å². The standard InChI is InChI=1S/C6H5Cl5/c7-2-3-1-6(3,11)4(8)5(9)10/h3H,1-2H2/t3-,6+/m1/s1. The maximum absolute atomic E-state index is 6.01. The van der Waals surface area contributed by atoms with Crippen LogP contribution in [0.1, 0.15) is 6.42 Å². The summed E-state index contributed by atoms with van der Waals surface area (Å²) in [7, 11) is 0. The lowest BCUT2D eigenvalue weighted by molar-refractivity contribution is 0.923. The van der Waals surface area contributed by atoms with Gasteiger partial charge < -0.3 is 0 Å². The third-order valence-corrected chi connectivity index (χ3v) is 3.97. The minimum Gasteiger partial charge on any atom is -0.126 e. The molecule has 0 heterocycles. The Bertz CT molecular complexity index is 195. The fraction of sp³-hybridized carbons (Fsp3) is 0.667. The van der Waals surface area contributed by atoms with Gasteiger partial charge in [-0.2, -0.15) is 0 Å². The highest BCUT2D eigenvalue weighted by Gasteiger charge is 2.55. The monoisotopic (exact) mass is 252 g/mol. The van der Waals surface area contributed by atoms with Gasteiger partial charge in [0.15, 0.2) is 0 Å². The molecule has 0 saturated heterocycles. The van der Waals surface area contributed by atoms with Gasteiger partial charge in [-0.05, 0) is 12.3 Å². The topological polar surface area (TPSA) is 0 Å². The van der Waals surface area contributed by atoms with Gasteiger partial charge in [0.1, 0.15) is 4.49 Å². The van der Waals surface area contributed by atoms with Gasteiger partial charge in [0, 0.05) is 5.88 Å². The maximum Gasteiger partial charge on any atom is 0.123 e. The summed E-state index contributed by atoms with van der Waals surface area (Å²) in [5.41, 5.74) is 0. The molecule has 0 aliphatic heterocycles. The molecule has 0 aromatic rings. The van der Waals surface area contributed by atoms with Crippen LogP contribution in [-0.2, 0) is 0 Å². The normalized spacial score (nSPS) is 35.2. The molecule has 0 radical (unpaired) electrons. The highest BCUT2D eigenvalue weighted by molar-refractivity contribution is 6.60. The zero-order valence-electron chi connectivity index (χ0n) is 5.38. The number of hydrogen-bond donors (Lipinski definition) is 0. The summed E-state index contributed by atoms with van der Waals surface area (Å²) in [5, 5.41) is 0.313. The van der Waals surface area contributed by atoms with Crippen molar-refractivity contribution in [1.82, 2.24) is 0 Å². The molecule has 5 heteroatoms. The van der Waals surface area contributed by atoms with E-state index in [0.717, 1.165) is 6.42 Å². The second kappa shape index (κ2) is 3.51. The van der Waals surface area contributed by atoms with E-state index in [1.807, 2.05) is 0 Å². The van der Waals surface area contributed by atoms with E-state index in [-0.39, 0.29) is 10.4 Å². The van der Waals surface area contributed by atoms with E-state index >= 15 is 0 Å². The number of allylic oxidation sites excluding steroid dienone is 1. The molecule has 0 unspecified atom stereocenters. The molecule has 11 heavy (non-hydrogen) atoms. The van der Waals surface area contributed by atoms with Crippen molar-refractivity contribution in [1.29, 1.82) is 0 Å². The SMILES string of the molecule is ClC[C@H]1C[C@@]1(Cl)C(Cl)=C(Cl)Cl. The second-order valence-corrected chi connectivity index (χ2v) is 4.80. The van der Waals surface area contributed by atoms with Gasteiger partial charge in [-0.15, -0.1) is 23.2 Å². The molecule has 1 aliphatic carbocycles. The first-order valence-corrected chi connectivity index (χ1v) is 5.03. The van der Waals surface area contributed by atoms with E-state index in [2.05, 4.69) is 0 Å². The Morgan fingerprint density at radius 2 is 1.91 bits per heavy atom. The summed E-state index contributed by atoms with van der Waals surface area (Å²) in [6, 6.07) is 0. The Hall–Kier alpha value is 1.19. The van der Waals surface area contributed by atoms with Gasteiger partial charge >= 0.3 is 0 Å². The fourth-order valence-corrected chi connectivity index (χ4v) is 2.38. The molecular formula is C6H5Cl5. The van der Waals surface area contributed by atoms with E-state index in [1.54, 1.807) is 0 Å². The zero-order valence-corrected chi connectivity index (χ0v) is 9.16. The molecule has 1 aliphatic rings. The maximum atomic E-state index is 6.01. The van der Waals surface area contributed by atoms with Crippen molar-refractivity contribution >= 4 is 58.0 Å². The van der Waals surface area contributed by atoms with Crippen LogP contribution in [-0.4, -0.2) is 10.8 Å². The smallest absolute Gasteiger partial charge is 0.123 e. The Morgan fingerprint density at radius 3 is 2.18 bits per heavy atom. The molecule has 1 saturated carbocycles. The quantitative estimate of drug-likeness (QED) is 0.651. The van der Waals surface area contributed by atoms with Crippen LogP contribution in [0.4, 0.5) is 0 Å². The van der Waals surface area contributed by atoms with Crippen LogP contribution in [0.3, 0.4) is 0 Å². The van der Waals surface area contributed by atoms with E-state index in [0.29, 0.717) is 10.9 Å². The van der Waals surface area contributed by atoms with Crippen LogP contribution in [0.2, 0.25) is 0 Å².